The van der Waals surface area contributed by atoms with Crippen molar-refractivity contribution in [2.24, 2.45) is 11.1 Å². The highest BCUT2D eigenvalue weighted by Gasteiger charge is 2.36. The largest absolute Gasteiger partial charge is 0.394 e. The molecule has 7 nitrogen and oxygen atoms in total. The maximum Gasteiger partial charge on any atom is 0.249 e. The number of hydrogen-bond acceptors (Lipinski definition) is 5. The minimum absolute atomic E-state index is 0.0351. The van der Waals surface area contributed by atoms with Gasteiger partial charge in [-0.05, 0) is 23.1 Å². The molecule has 2 amide bonds. The highest BCUT2D eigenvalue weighted by atomic mass is 16.5. The Morgan fingerprint density at radius 2 is 2.00 bits per heavy atom. The summed E-state index contributed by atoms with van der Waals surface area (Å²) in [6.45, 7) is 6.50. The van der Waals surface area contributed by atoms with E-state index in [2.05, 4.69) is 5.32 Å². The first kappa shape index (κ1) is 20.4. The summed E-state index contributed by atoms with van der Waals surface area (Å²) in [6, 6.07) is 6.82. The molecular weight excluding hydrogens is 334 g/mol. The van der Waals surface area contributed by atoms with Crippen molar-refractivity contribution in [2.75, 3.05) is 31.6 Å². The van der Waals surface area contributed by atoms with Gasteiger partial charge in [0.15, 0.2) is 0 Å². The number of hydrogen-bond donors (Lipinski definition) is 3. The van der Waals surface area contributed by atoms with Crippen LogP contribution < -0.4 is 11.1 Å². The molecule has 0 saturated carbocycles. The quantitative estimate of drug-likeness (QED) is 0.706. The van der Waals surface area contributed by atoms with E-state index in [1.807, 2.05) is 32.9 Å². The van der Waals surface area contributed by atoms with E-state index >= 15 is 0 Å². The van der Waals surface area contributed by atoms with Crippen LogP contribution in [-0.2, 0) is 14.3 Å². The van der Waals surface area contributed by atoms with Crippen LogP contribution in [0, 0.1) is 5.41 Å². The SMILES string of the molecule is CC(C)(C)CC(=O)Nc1ccc([C@H]2OCC(=O)N(CCN)[C@@H]2CO)cc1. The van der Waals surface area contributed by atoms with E-state index in [1.165, 1.54) is 0 Å². The fourth-order valence-electron chi connectivity index (χ4n) is 3.09. The lowest BCUT2D eigenvalue weighted by atomic mass is 9.92. The summed E-state index contributed by atoms with van der Waals surface area (Å²) in [5.41, 5.74) is 7.04. The van der Waals surface area contributed by atoms with Gasteiger partial charge in [0, 0.05) is 25.2 Å². The summed E-state index contributed by atoms with van der Waals surface area (Å²) in [4.78, 5) is 25.6. The van der Waals surface area contributed by atoms with Gasteiger partial charge < -0.3 is 25.8 Å². The van der Waals surface area contributed by atoms with Crippen LogP contribution in [0.4, 0.5) is 5.69 Å². The van der Waals surface area contributed by atoms with E-state index in [1.54, 1.807) is 17.0 Å². The number of morpholine rings is 1. The molecule has 2 atom stereocenters. The average Bonchev–Trinajstić information content (AvgIpc) is 2.55. The Morgan fingerprint density at radius 1 is 1.35 bits per heavy atom. The number of rotatable bonds is 6. The minimum atomic E-state index is -0.471. The van der Waals surface area contributed by atoms with Crippen LogP contribution in [0.2, 0.25) is 0 Å². The fourth-order valence-corrected chi connectivity index (χ4v) is 3.09. The van der Waals surface area contributed by atoms with Gasteiger partial charge >= 0.3 is 0 Å². The number of carbonyl (C=O) groups is 2. The van der Waals surface area contributed by atoms with Gasteiger partial charge in [0.05, 0.1) is 12.6 Å². The molecule has 1 aromatic carbocycles. The Bertz CT molecular complexity index is 625. The second kappa shape index (κ2) is 8.62. The summed E-state index contributed by atoms with van der Waals surface area (Å²) in [6.07, 6.45) is 0.00652. The van der Waals surface area contributed by atoms with E-state index in [4.69, 9.17) is 10.5 Å². The topological polar surface area (TPSA) is 105 Å². The smallest absolute Gasteiger partial charge is 0.249 e. The van der Waals surface area contributed by atoms with Crippen LogP contribution in [0.3, 0.4) is 0 Å². The number of carbonyl (C=O) groups excluding carboxylic acids is 2. The van der Waals surface area contributed by atoms with Crippen LogP contribution in [0.1, 0.15) is 38.9 Å². The van der Waals surface area contributed by atoms with E-state index in [9.17, 15) is 14.7 Å². The average molecular weight is 363 g/mol. The van der Waals surface area contributed by atoms with Gasteiger partial charge in [-0.2, -0.15) is 0 Å². The number of amides is 2. The number of aliphatic hydroxyl groups is 1. The lowest BCUT2D eigenvalue weighted by molar-refractivity contribution is -0.160. The van der Waals surface area contributed by atoms with Gasteiger partial charge in [0.2, 0.25) is 11.8 Å². The summed E-state index contributed by atoms with van der Waals surface area (Å²) >= 11 is 0. The zero-order valence-corrected chi connectivity index (χ0v) is 15.7. The summed E-state index contributed by atoms with van der Waals surface area (Å²) in [5.74, 6) is -0.205. The summed E-state index contributed by atoms with van der Waals surface area (Å²) in [7, 11) is 0. The molecule has 1 aliphatic heterocycles. The normalized spacial score (nSPS) is 21.0. The standard InChI is InChI=1S/C19H29N3O4/c1-19(2,3)10-16(24)21-14-6-4-13(5-7-14)18-15(11-23)22(9-8-20)17(25)12-26-18/h4-7,15,18,23H,8-12,20H2,1-3H3,(H,21,24)/t15-,18-/m1/s1. The van der Waals surface area contributed by atoms with Crippen LogP contribution >= 0.6 is 0 Å². The van der Waals surface area contributed by atoms with Crippen molar-refractivity contribution < 1.29 is 19.4 Å². The summed E-state index contributed by atoms with van der Waals surface area (Å²) < 4.78 is 5.66. The molecule has 26 heavy (non-hydrogen) atoms. The molecule has 0 aromatic heterocycles. The van der Waals surface area contributed by atoms with Crippen LogP contribution in [0.25, 0.3) is 0 Å². The first-order valence-electron chi connectivity index (χ1n) is 8.87. The van der Waals surface area contributed by atoms with E-state index in [0.717, 1.165) is 5.56 Å². The molecule has 2 rings (SSSR count). The second-order valence-electron chi connectivity index (χ2n) is 7.76. The summed E-state index contributed by atoms with van der Waals surface area (Å²) in [5, 5.41) is 12.6. The van der Waals surface area contributed by atoms with Gasteiger partial charge in [0.1, 0.15) is 12.7 Å². The van der Waals surface area contributed by atoms with Gasteiger partial charge in [-0.1, -0.05) is 32.9 Å². The van der Waals surface area contributed by atoms with E-state index in [0.29, 0.717) is 25.2 Å². The minimum Gasteiger partial charge on any atom is -0.394 e. The van der Waals surface area contributed by atoms with Gasteiger partial charge in [-0.15, -0.1) is 0 Å². The Hall–Kier alpha value is -1.96. The Balaban J connectivity index is 2.09. The lowest BCUT2D eigenvalue weighted by Gasteiger charge is -2.40. The molecule has 1 aromatic rings. The van der Waals surface area contributed by atoms with Crippen molar-refractivity contribution in [3.05, 3.63) is 29.8 Å². The third kappa shape index (κ3) is 5.27. The molecule has 0 radical (unpaired) electrons. The van der Waals surface area contributed by atoms with Crippen molar-refractivity contribution >= 4 is 17.5 Å². The zero-order valence-electron chi connectivity index (χ0n) is 15.7. The molecule has 0 unspecified atom stereocenters. The van der Waals surface area contributed by atoms with Crippen molar-refractivity contribution in [3.8, 4) is 0 Å². The number of nitrogens with one attached hydrogen (secondary N) is 1. The second-order valence-corrected chi connectivity index (χ2v) is 7.76. The molecule has 0 aliphatic carbocycles. The van der Waals surface area contributed by atoms with Crippen molar-refractivity contribution in [1.82, 2.24) is 4.90 Å². The number of nitrogens with zero attached hydrogens (tertiary/aromatic N) is 1. The molecule has 0 spiro atoms. The number of nitrogens with two attached hydrogens (primary N) is 1. The molecule has 0 bridgehead atoms. The Labute approximate surface area is 154 Å². The monoisotopic (exact) mass is 363 g/mol. The maximum atomic E-state index is 12.0. The number of benzene rings is 1. The first-order valence-corrected chi connectivity index (χ1v) is 8.87. The van der Waals surface area contributed by atoms with Crippen LogP contribution in [0.5, 0.6) is 0 Å². The van der Waals surface area contributed by atoms with Crippen molar-refractivity contribution in [2.45, 2.75) is 39.3 Å². The molecule has 4 N–H and O–H groups in total. The molecule has 1 fully saturated rings. The first-order chi connectivity index (χ1) is 12.2. The maximum absolute atomic E-state index is 12.0. The third-order valence-corrected chi connectivity index (χ3v) is 4.23. The molecule has 144 valence electrons. The van der Waals surface area contributed by atoms with Gasteiger partial charge in [0.25, 0.3) is 0 Å². The molecule has 7 heteroatoms. The van der Waals surface area contributed by atoms with Crippen molar-refractivity contribution in [3.63, 3.8) is 0 Å². The molecule has 1 aliphatic rings. The zero-order chi connectivity index (χ0) is 19.3. The molecule has 1 saturated heterocycles. The third-order valence-electron chi connectivity index (χ3n) is 4.23. The fraction of sp³-hybridized carbons (Fsp3) is 0.579. The van der Waals surface area contributed by atoms with Crippen LogP contribution in [0.15, 0.2) is 24.3 Å². The van der Waals surface area contributed by atoms with Crippen molar-refractivity contribution in [1.29, 1.82) is 0 Å². The van der Waals surface area contributed by atoms with Gasteiger partial charge in [-0.3, -0.25) is 9.59 Å². The Morgan fingerprint density at radius 3 is 2.54 bits per heavy atom. The van der Waals surface area contributed by atoms with Crippen LogP contribution in [-0.4, -0.2) is 54.2 Å². The highest BCUT2D eigenvalue weighted by Crippen LogP contribution is 2.30. The van der Waals surface area contributed by atoms with E-state index in [-0.39, 0.29) is 30.4 Å². The lowest BCUT2D eigenvalue weighted by Crippen LogP contribution is -2.54. The predicted octanol–water partition coefficient (Wildman–Crippen LogP) is 1.28. The number of aliphatic hydroxyl groups excluding tert-OH is 1. The highest BCUT2D eigenvalue weighted by molar-refractivity contribution is 5.91. The van der Waals surface area contributed by atoms with Gasteiger partial charge in [-0.25, -0.2) is 0 Å². The number of ether oxygens (including phenoxy) is 1. The predicted molar refractivity (Wildman–Crippen MR) is 99.5 cm³/mol. The molecule has 1 heterocycles. The van der Waals surface area contributed by atoms with E-state index < -0.39 is 12.1 Å². The number of anilines is 1. The molecular formula is C19H29N3O4. The Kier molecular flexibility index (Phi) is 6.75.